The minimum atomic E-state index is -0.0900. The molecule has 3 nitrogen and oxygen atoms in total. The van der Waals surface area contributed by atoms with E-state index in [2.05, 4.69) is 24.9 Å². The number of methoxy groups -OCH3 is 1. The van der Waals surface area contributed by atoms with Gasteiger partial charge in [0.15, 0.2) is 0 Å². The van der Waals surface area contributed by atoms with Crippen LogP contribution in [0.25, 0.3) is 0 Å². The van der Waals surface area contributed by atoms with Crippen molar-refractivity contribution in [1.82, 2.24) is 5.32 Å². The van der Waals surface area contributed by atoms with Crippen LogP contribution in [-0.2, 0) is 10.2 Å². The van der Waals surface area contributed by atoms with Gasteiger partial charge in [-0.25, -0.2) is 0 Å². The molecule has 2 rings (SSSR count). The topological polar surface area (TPSA) is 38.3 Å². The average Bonchev–Trinajstić information content (AvgIpc) is 3.09. The molecule has 0 radical (unpaired) electrons. The first-order valence-corrected chi connectivity index (χ1v) is 6.79. The Balaban J connectivity index is 2.13. The molecule has 1 fully saturated rings. The summed E-state index contributed by atoms with van der Waals surface area (Å²) in [5, 5.41) is 2.90. The predicted molar refractivity (Wildman–Crippen MR) is 75.3 cm³/mol. The molecule has 1 aliphatic carbocycles. The maximum atomic E-state index is 12.0. The van der Waals surface area contributed by atoms with Crippen molar-refractivity contribution >= 4 is 18.5 Å². The molecule has 1 aromatic carbocycles. The molecule has 1 amide bonds. The second-order valence-corrected chi connectivity index (χ2v) is 5.34. The highest BCUT2D eigenvalue weighted by molar-refractivity contribution is 7.80. The molecular weight excluding hydrogens is 246 g/mol. The molecule has 18 heavy (non-hydrogen) atoms. The Kier molecular flexibility index (Phi) is 3.85. The van der Waals surface area contributed by atoms with Crippen molar-refractivity contribution in [1.29, 1.82) is 0 Å². The molecule has 98 valence electrons. The third-order valence-corrected chi connectivity index (χ3v) is 3.91. The number of ether oxygens (including phenoxy) is 1. The number of carbonyl (C=O) groups is 1. The van der Waals surface area contributed by atoms with Gasteiger partial charge in [0.25, 0.3) is 0 Å². The number of hydrogen-bond acceptors (Lipinski definition) is 3. The van der Waals surface area contributed by atoms with Crippen LogP contribution < -0.4 is 10.1 Å². The van der Waals surface area contributed by atoms with Gasteiger partial charge in [-0.2, -0.15) is 12.6 Å². The fraction of sp³-hybridized carbons (Fsp3) is 0.500. The van der Waals surface area contributed by atoms with Gasteiger partial charge in [0, 0.05) is 29.2 Å². The molecule has 0 heterocycles. The molecule has 2 unspecified atom stereocenters. The normalized spacial score (nSPS) is 25.6. The first-order valence-electron chi connectivity index (χ1n) is 6.15. The highest BCUT2D eigenvalue weighted by atomic mass is 32.1. The summed E-state index contributed by atoms with van der Waals surface area (Å²) in [6, 6.07) is 7.93. The van der Waals surface area contributed by atoms with Crippen molar-refractivity contribution in [2.75, 3.05) is 19.4 Å². The van der Waals surface area contributed by atoms with Crippen LogP contribution in [0.2, 0.25) is 0 Å². The fourth-order valence-corrected chi connectivity index (χ4v) is 2.58. The molecule has 0 spiro atoms. The molecule has 0 bridgehead atoms. The van der Waals surface area contributed by atoms with Crippen molar-refractivity contribution in [3.8, 4) is 5.75 Å². The Morgan fingerprint density at radius 3 is 2.94 bits per heavy atom. The van der Waals surface area contributed by atoms with Crippen molar-refractivity contribution < 1.29 is 9.53 Å². The van der Waals surface area contributed by atoms with Crippen molar-refractivity contribution in [3.63, 3.8) is 0 Å². The van der Waals surface area contributed by atoms with Crippen LogP contribution >= 0.6 is 12.6 Å². The van der Waals surface area contributed by atoms with Gasteiger partial charge in [-0.15, -0.1) is 0 Å². The van der Waals surface area contributed by atoms with Crippen LogP contribution in [0.4, 0.5) is 0 Å². The highest BCUT2D eigenvalue weighted by Gasteiger charge is 2.56. The van der Waals surface area contributed by atoms with E-state index in [0.29, 0.717) is 12.3 Å². The van der Waals surface area contributed by atoms with Crippen molar-refractivity contribution in [2.45, 2.75) is 18.8 Å². The molecule has 0 saturated heterocycles. The second-order valence-electron chi connectivity index (χ2n) is 4.89. The number of hydrogen-bond donors (Lipinski definition) is 2. The summed E-state index contributed by atoms with van der Waals surface area (Å²) < 4.78 is 5.38. The molecule has 1 aliphatic rings. The Morgan fingerprint density at radius 1 is 1.56 bits per heavy atom. The van der Waals surface area contributed by atoms with Crippen LogP contribution in [0.3, 0.4) is 0 Å². The van der Waals surface area contributed by atoms with E-state index in [1.54, 1.807) is 7.11 Å². The third kappa shape index (κ3) is 2.34. The lowest BCUT2D eigenvalue weighted by atomic mass is 9.94. The van der Waals surface area contributed by atoms with Gasteiger partial charge < -0.3 is 10.1 Å². The summed E-state index contributed by atoms with van der Waals surface area (Å²) in [6.45, 7) is 2.75. The number of carbonyl (C=O) groups excluding carboxylic acids is 1. The number of benzene rings is 1. The number of thiol groups is 1. The van der Waals surface area contributed by atoms with Crippen molar-refractivity contribution in [3.05, 3.63) is 29.8 Å². The monoisotopic (exact) mass is 265 g/mol. The number of nitrogens with one attached hydrogen (secondary N) is 1. The zero-order chi connectivity index (χ0) is 13.2. The summed E-state index contributed by atoms with van der Waals surface area (Å²) in [5.74, 6) is 1.71. The van der Waals surface area contributed by atoms with E-state index in [1.807, 2.05) is 24.3 Å². The maximum Gasteiger partial charge on any atom is 0.224 e. The molecule has 1 aromatic rings. The molecule has 0 aliphatic heterocycles. The van der Waals surface area contributed by atoms with E-state index in [1.165, 1.54) is 0 Å². The van der Waals surface area contributed by atoms with Gasteiger partial charge in [0.05, 0.1) is 7.11 Å². The zero-order valence-corrected chi connectivity index (χ0v) is 11.7. The van der Waals surface area contributed by atoms with Crippen LogP contribution in [0.5, 0.6) is 5.75 Å². The Hall–Kier alpha value is -1.16. The maximum absolute atomic E-state index is 12.0. The molecule has 2 atom stereocenters. The Labute approximate surface area is 113 Å². The number of rotatable bonds is 5. The summed E-state index contributed by atoms with van der Waals surface area (Å²) in [6.07, 6.45) is 0.881. The molecule has 1 saturated carbocycles. The number of amides is 1. The van der Waals surface area contributed by atoms with E-state index in [-0.39, 0.29) is 17.2 Å². The lowest BCUT2D eigenvalue weighted by Gasteiger charge is -2.15. The highest BCUT2D eigenvalue weighted by Crippen LogP contribution is 2.56. The van der Waals surface area contributed by atoms with E-state index in [4.69, 9.17) is 4.74 Å². The van der Waals surface area contributed by atoms with Crippen LogP contribution in [0.15, 0.2) is 24.3 Å². The van der Waals surface area contributed by atoms with E-state index in [0.717, 1.165) is 17.7 Å². The average molecular weight is 265 g/mol. The standard InChI is InChI=1S/C14H19NO2S/c1-14(9-11(14)13(16)15-7-8-18)10-5-3-4-6-12(10)17-2/h3-6,11,18H,7-9H2,1-2H3,(H,15,16). The first kappa shape index (κ1) is 13.3. The van der Waals surface area contributed by atoms with Crippen molar-refractivity contribution in [2.24, 2.45) is 5.92 Å². The predicted octanol–water partition coefficient (Wildman–Crippen LogP) is 2.02. The summed E-state index contributed by atoms with van der Waals surface area (Å²) in [5.41, 5.74) is 1.03. The second kappa shape index (κ2) is 5.22. The largest absolute Gasteiger partial charge is 0.496 e. The van der Waals surface area contributed by atoms with Crippen LogP contribution in [0.1, 0.15) is 18.9 Å². The van der Waals surface area contributed by atoms with Gasteiger partial charge >= 0.3 is 0 Å². The van der Waals surface area contributed by atoms with Gasteiger partial charge in [0.1, 0.15) is 5.75 Å². The Morgan fingerprint density at radius 2 is 2.28 bits per heavy atom. The lowest BCUT2D eigenvalue weighted by molar-refractivity contribution is -0.122. The molecule has 1 N–H and O–H groups in total. The van der Waals surface area contributed by atoms with E-state index < -0.39 is 0 Å². The lowest BCUT2D eigenvalue weighted by Crippen LogP contribution is -2.29. The minimum absolute atomic E-state index is 0.0497. The number of para-hydroxylation sites is 1. The first-order chi connectivity index (χ1) is 8.63. The molecule has 4 heteroatoms. The Bertz CT molecular complexity index is 449. The smallest absolute Gasteiger partial charge is 0.224 e. The van der Waals surface area contributed by atoms with E-state index in [9.17, 15) is 4.79 Å². The molecule has 0 aromatic heterocycles. The SMILES string of the molecule is COc1ccccc1C1(C)CC1C(=O)NCCS. The quantitative estimate of drug-likeness (QED) is 0.799. The van der Waals surface area contributed by atoms with Gasteiger partial charge in [-0.05, 0) is 12.5 Å². The van der Waals surface area contributed by atoms with E-state index >= 15 is 0 Å². The fourth-order valence-electron chi connectivity index (χ4n) is 2.46. The van der Waals surface area contributed by atoms with Gasteiger partial charge in [-0.1, -0.05) is 25.1 Å². The molecular formula is C14H19NO2S. The minimum Gasteiger partial charge on any atom is -0.496 e. The van der Waals surface area contributed by atoms with Crippen LogP contribution in [0, 0.1) is 5.92 Å². The summed E-state index contributed by atoms with van der Waals surface area (Å²) >= 11 is 4.09. The summed E-state index contributed by atoms with van der Waals surface area (Å²) in [4.78, 5) is 12.0. The van der Waals surface area contributed by atoms with Gasteiger partial charge in [0.2, 0.25) is 5.91 Å². The van der Waals surface area contributed by atoms with Crippen LogP contribution in [-0.4, -0.2) is 25.3 Å². The third-order valence-electron chi connectivity index (χ3n) is 3.69. The van der Waals surface area contributed by atoms with Gasteiger partial charge in [-0.3, -0.25) is 4.79 Å². The zero-order valence-electron chi connectivity index (χ0n) is 10.8. The summed E-state index contributed by atoms with van der Waals surface area (Å²) in [7, 11) is 1.67.